The van der Waals surface area contributed by atoms with Gasteiger partial charge >= 0.3 is 0 Å². The van der Waals surface area contributed by atoms with E-state index in [1.165, 1.54) is 6.92 Å². The van der Waals surface area contributed by atoms with Gasteiger partial charge in [-0.1, -0.05) is 0 Å². The van der Waals surface area contributed by atoms with Crippen LogP contribution in [0.15, 0.2) is 0 Å². The quantitative estimate of drug-likeness (QED) is 0.110. The van der Waals surface area contributed by atoms with Gasteiger partial charge in [0.05, 0.1) is 25.9 Å². The molecule has 13 N–H and O–H groups in total. The van der Waals surface area contributed by atoms with E-state index in [1.807, 2.05) is 0 Å². The zero-order valence-electron chi connectivity index (χ0n) is 23.3. The third-order valence-corrected chi connectivity index (χ3v) is 8.13. The highest BCUT2D eigenvalue weighted by Crippen LogP contribution is 2.32. The minimum atomic E-state index is -1.99. The molecule has 4 heterocycles. The van der Waals surface area contributed by atoms with Crippen molar-refractivity contribution in [2.75, 3.05) is 19.8 Å². The fourth-order valence-electron chi connectivity index (χ4n) is 5.31. The Kier molecular flexibility index (Phi) is 12.3. The first-order valence-electron chi connectivity index (χ1n) is 14.0. The van der Waals surface area contributed by atoms with Crippen LogP contribution in [0.4, 0.5) is 0 Å². The molecule has 20 heteroatoms. The molecule has 4 saturated heterocycles. The minimum absolute atomic E-state index is 0.604. The summed E-state index contributed by atoms with van der Waals surface area (Å²) < 4.78 is 37.8. The van der Waals surface area contributed by atoms with Gasteiger partial charge in [-0.2, -0.15) is 0 Å². The first-order chi connectivity index (χ1) is 20.7. The summed E-state index contributed by atoms with van der Waals surface area (Å²) in [5, 5.41) is 132. The molecule has 4 fully saturated rings. The van der Waals surface area contributed by atoms with Crippen LogP contribution < -0.4 is 0 Å². The Morgan fingerprint density at radius 1 is 0.432 bits per heavy atom. The third-order valence-electron chi connectivity index (χ3n) is 8.13. The Morgan fingerprint density at radius 2 is 0.864 bits per heavy atom. The lowest BCUT2D eigenvalue weighted by Gasteiger charge is -2.47. The summed E-state index contributed by atoms with van der Waals surface area (Å²) in [5.41, 5.74) is 0. The number of rotatable bonds is 9. The van der Waals surface area contributed by atoms with E-state index in [1.54, 1.807) is 0 Å². The smallest absolute Gasteiger partial charge is 0.189 e. The molecule has 258 valence electrons. The van der Waals surface area contributed by atoms with Crippen molar-refractivity contribution in [2.45, 2.75) is 130 Å². The van der Waals surface area contributed by atoms with Crippen LogP contribution in [0.1, 0.15) is 6.92 Å². The van der Waals surface area contributed by atoms with E-state index in [-0.39, 0.29) is 0 Å². The predicted octanol–water partition coefficient (Wildman–Crippen LogP) is -8.72. The predicted molar refractivity (Wildman–Crippen MR) is 132 cm³/mol. The average Bonchev–Trinajstić information content (AvgIpc) is 3.01. The molecular weight excluding hydrogens is 608 g/mol. The van der Waals surface area contributed by atoms with Gasteiger partial charge in [-0.15, -0.1) is 0 Å². The number of ether oxygens (including phenoxy) is 7. The highest BCUT2D eigenvalue weighted by molar-refractivity contribution is 4.96. The number of hydrogen-bond donors (Lipinski definition) is 13. The van der Waals surface area contributed by atoms with Crippen LogP contribution in [0.25, 0.3) is 0 Å². The molecule has 0 unspecified atom stereocenters. The molecule has 0 aromatic heterocycles. The summed E-state index contributed by atoms with van der Waals surface area (Å²) in [7, 11) is 0. The van der Waals surface area contributed by atoms with Crippen LogP contribution in [0, 0.1) is 0 Å². The van der Waals surface area contributed by atoms with E-state index < -0.39 is 143 Å². The van der Waals surface area contributed by atoms with E-state index in [0.29, 0.717) is 0 Å². The monoisotopic (exact) mass is 650 g/mol. The van der Waals surface area contributed by atoms with Gasteiger partial charge in [0.1, 0.15) is 91.6 Å². The van der Waals surface area contributed by atoms with Gasteiger partial charge in [0.2, 0.25) is 0 Å². The maximum Gasteiger partial charge on any atom is 0.189 e. The van der Waals surface area contributed by atoms with Crippen LogP contribution in [-0.2, 0) is 33.2 Å². The molecular formula is C24H42O20. The normalized spacial score (nSPS) is 53.9. The molecule has 4 aliphatic rings. The molecule has 4 aliphatic heterocycles. The summed E-state index contributed by atoms with van der Waals surface area (Å²) in [5.74, 6) is 0. The highest BCUT2D eigenvalue weighted by atomic mass is 16.8. The summed E-state index contributed by atoms with van der Waals surface area (Å²) in [6.07, 6.45) is -33.5. The lowest BCUT2D eigenvalue weighted by atomic mass is 9.96. The molecule has 44 heavy (non-hydrogen) atoms. The Labute approximate surface area is 249 Å². The molecule has 0 bridgehead atoms. The maximum absolute atomic E-state index is 10.8. The summed E-state index contributed by atoms with van der Waals surface area (Å²) in [6, 6.07) is 0. The van der Waals surface area contributed by atoms with Crippen LogP contribution >= 0.6 is 0 Å². The standard InChI is InChI=1S/C24H42O20/c1-5-9(27)12(30)16(34)21(39-5)38-4-8-11(29)14(32)17(35)22(42-8)43-20-7(3-26)41-24(19(37)15(20)33)44-23-18(36)13(31)10(28)6(2-25)40-23/h5-37H,2-4H2,1H3/t5-,6+,7+,8+,9-,10+,11+,12+,13-,14-,15+,16+,17+,18+,19+,20+,21+,22-,23+,24+/m0/s1. The first-order valence-corrected chi connectivity index (χ1v) is 14.0. The van der Waals surface area contributed by atoms with Gasteiger partial charge in [-0.05, 0) is 6.92 Å². The van der Waals surface area contributed by atoms with Gasteiger partial charge in [0.25, 0.3) is 0 Å². The van der Waals surface area contributed by atoms with Crippen molar-refractivity contribution in [3.8, 4) is 0 Å². The maximum atomic E-state index is 10.8. The van der Waals surface area contributed by atoms with E-state index in [9.17, 15) is 66.4 Å². The molecule has 4 rings (SSSR count). The Balaban J connectivity index is 1.40. The molecule has 0 amide bonds. The van der Waals surface area contributed by atoms with Crippen molar-refractivity contribution >= 4 is 0 Å². The molecule has 20 atom stereocenters. The van der Waals surface area contributed by atoms with Crippen molar-refractivity contribution in [3.05, 3.63) is 0 Å². The van der Waals surface area contributed by atoms with Crippen LogP contribution in [-0.4, -0.2) is 209 Å². The number of aliphatic hydroxyl groups is 13. The lowest BCUT2D eigenvalue weighted by molar-refractivity contribution is -0.393. The highest BCUT2D eigenvalue weighted by Gasteiger charge is 2.53. The molecule has 0 saturated carbocycles. The minimum Gasteiger partial charge on any atom is -0.394 e. The Bertz CT molecular complexity index is 898. The van der Waals surface area contributed by atoms with E-state index in [2.05, 4.69) is 0 Å². The Morgan fingerprint density at radius 3 is 1.43 bits per heavy atom. The van der Waals surface area contributed by atoms with Gasteiger partial charge in [-0.25, -0.2) is 0 Å². The van der Waals surface area contributed by atoms with Crippen LogP contribution in [0.5, 0.6) is 0 Å². The molecule has 0 radical (unpaired) electrons. The molecule has 0 aromatic carbocycles. The van der Waals surface area contributed by atoms with E-state index >= 15 is 0 Å². The lowest BCUT2D eigenvalue weighted by Crippen LogP contribution is -2.66. The molecule has 0 aromatic rings. The number of aliphatic hydroxyl groups excluding tert-OH is 13. The van der Waals surface area contributed by atoms with Crippen molar-refractivity contribution in [3.63, 3.8) is 0 Å². The van der Waals surface area contributed by atoms with Crippen molar-refractivity contribution in [2.24, 2.45) is 0 Å². The molecule has 0 aliphatic carbocycles. The molecule has 0 spiro atoms. The zero-order valence-corrected chi connectivity index (χ0v) is 23.3. The fourth-order valence-corrected chi connectivity index (χ4v) is 5.31. The second-order valence-electron chi connectivity index (χ2n) is 11.2. The topological polar surface area (TPSA) is 328 Å². The third kappa shape index (κ3) is 7.19. The SMILES string of the molecule is C[C@@H]1O[C@@H](OC[C@H]2O[C@@H](O[C@H]3[C@H](O)[C@@H](O)[C@@H](O[C@H]4O[C@H](CO)[C@@H](O)[C@H](O)[C@H]4O)O[C@@H]3CO)[C@H](O)[C@@H](O)[C@@H]2O)[C@H](O)[C@H](O)[C@H]1O. The fraction of sp³-hybridized carbons (Fsp3) is 1.00. The zero-order chi connectivity index (χ0) is 32.6. The molecule has 20 nitrogen and oxygen atoms in total. The Hall–Kier alpha value is -0.800. The van der Waals surface area contributed by atoms with Gasteiger partial charge in [0, 0.05) is 0 Å². The second kappa shape index (κ2) is 15.0. The second-order valence-corrected chi connectivity index (χ2v) is 11.2. The summed E-state index contributed by atoms with van der Waals surface area (Å²) in [4.78, 5) is 0. The van der Waals surface area contributed by atoms with Crippen LogP contribution in [0.3, 0.4) is 0 Å². The van der Waals surface area contributed by atoms with Gasteiger partial charge < -0.3 is 99.5 Å². The van der Waals surface area contributed by atoms with Crippen LogP contribution in [0.2, 0.25) is 0 Å². The summed E-state index contributed by atoms with van der Waals surface area (Å²) >= 11 is 0. The van der Waals surface area contributed by atoms with Crippen molar-refractivity contribution < 1.29 is 99.5 Å². The first kappa shape index (κ1) is 36.0. The summed E-state index contributed by atoms with van der Waals surface area (Å²) in [6.45, 7) is -0.847. The van der Waals surface area contributed by atoms with E-state index in [4.69, 9.17) is 33.2 Å². The van der Waals surface area contributed by atoms with E-state index in [0.717, 1.165) is 0 Å². The van der Waals surface area contributed by atoms with Gasteiger partial charge in [-0.3, -0.25) is 0 Å². The van der Waals surface area contributed by atoms with Crippen molar-refractivity contribution in [1.29, 1.82) is 0 Å². The van der Waals surface area contributed by atoms with Gasteiger partial charge in [0.15, 0.2) is 25.2 Å². The van der Waals surface area contributed by atoms with Crippen molar-refractivity contribution in [1.82, 2.24) is 0 Å². The number of hydrogen-bond acceptors (Lipinski definition) is 20. The average molecular weight is 651 g/mol. The largest absolute Gasteiger partial charge is 0.394 e.